The van der Waals surface area contributed by atoms with Gasteiger partial charge in [0, 0.05) is 37.8 Å². The fourth-order valence-corrected chi connectivity index (χ4v) is 4.36. The van der Waals surface area contributed by atoms with Gasteiger partial charge in [0.2, 0.25) is 0 Å². The van der Waals surface area contributed by atoms with Gasteiger partial charge < -0.3 is 4.90 Å². The largest absolute Gasteiger partial charge is 0.439 e. The van der Waals surface area contributed by atoms with E-state index >= 15 is 0 Å². The Morgan fingerprint density at radius 3 is 2.66 bits per heavy atom. The Hall–Kier alpha value is -2.52. The van der Waals surface area contributed by atoms with Gasteiger partial charge in [-0.1, -0.05) is 16.0 Å². The number of nitrogens with one attached hydrogen (secondary N) is 1. The molecule has 0 bridgehead atoms. The normalized spacial score (nSPS) is 14.1. The summed E-state index contributed by atoms with van der Waals surface area (Å²) < 4.78 is 12.7. The number of hydrogen-bond donors (Lipinski definition) is 1. The molecule has 2 heterocycles. The lowest BCUT2D eigenvalue weighted by Gasteiger charge is -2.26. The summed E-state index contributed by atoms with van der Waals surface area (Å²) in [6.45, 7) is 2.31. The van der Waals surface area contributed by atoms with E-state index in [9.17, 15) is 18.6 Å². The van der Waals surface area contributed by atoms with Crippen molar-refractivity contribution in [2.24, 2.45) is 0 Å². The maximum Gasteiger partial charge on any atom is 0.439 e. The molecule has 0 radical (unpaired) electrons. The molecule has 0 saturated carbocycles. The molecular formula is C20H22N3O4S2+. The van der Waals surface area contributed by atoms with E-state index in [0.717, 1.165) is 42.5 Å². The fraction of sp³-hybridized carbons (Fsp3) is 0.300. The number of thioether (sulfide) groups is 1. The number of rotatable bonds is 5. The van der Waals surface area contributed by atoms with Crippen molar-refractivity contribution in [2.45, 2.75) is 24.7 Å². The molecule has 1 aromatic carbocycles. The van der Waals surface area contributed by atoms with Crippen LogP contribution in [-0.2, 0) is 26.2 Å². The average Bonchev–Trinajstić information content (AvgIpc) is 2.72. The predicted octanol–water partition coefficient (Wildman–Crippen LogP) is 3.21. The van der Waals surface area contributed by atoms with Crippen molar-refractivity contribution in [1.29, 1.82) is 0 Å². The maximum absolute atomic E-state index is 12.7. The molecule has 0 aliphatic carbocycles. The third kappa shape index (κ3) is 5.30. The summed E-state index contributed by atoms with van der Waals surface area (Å²) in [6.07, 6.45) is 3.40. The third-order valence-electron chi connectivity index (χ3n) is 4.53. The zero-order valence-corrected chi connectivity index (χ0v) is 17.9. The molecule has 1 unspecified atom stereocenters. The number of ketones is 1. The highest BCUT2D eigenvalue weighted by atomic mass is 32.2. The van der Waals surface area contributed by atoms with Crippen LogP contribution in [0.1, 0.15) is 29.4 Å². The molecule has 0 fully saturated rings. The summed E-state index contributed by atoms with van der Waals surface area (Å²) in [6, 6.07) is 8.06. The van der Waals surface area contributed by atoms with Crippen LogP contribution in [0.5, 0.6) is 0 Å². The first-order valence-corrected chi connectivity index (χ1v) is 11.3. The Bertz CT molecular complexity index is 976. The number of aryl methyl sites for hydroxylation is 1. The van der Waals surface area contributed by atoms with Crippen LogP contribution >= 0.6 is 11.8 Å². The lowest BCUT2D eigenvalue weighted by molar-refractivity contribution is -0.109. The second-order valence-electron chi connectivity index (χ2n) is 6.69. The van der Waals surface area contributed by atoms with E-state index in [1.54, 1.807) is 30.3 Å². The van der Waals surface area contributed by atoms with Gasteiger partial charge in [-0.3, -0.25) is 19.9 Å². The van der Waals surface area contributed by atoms with Crippen molar-refractivity contribution in [3.05, 3.63) is 47.8 Å². The molecule has 7 nitrogen and oxygen atoms in total. The first-order chi connectivity index (χ1) is 13.8. The van der Waals surface area contributed by atoms with E-state index in [2.05, 4.69) is 15.2 Å². The molecule has 1 aliphatic rings. The Balaban J connectivity index is 1.65. The number of carbonyl (C=O) groups is 3. The lowest BCUT2D eigenvalue weighted by Crippen LogP contribution is -2.26. The number of fused-ring (bicyclic) bond motifs is 1. The molecule has 1 aliphatic heterocycles. The Kier molecular flexibility index (Phi) is 6.81. The van der Waals surface area contributed by atoms with Crippen molar-refractivity contribution in [3.8, 4) is 0 Å². The van der Waals surface area contributed by atoms with Crippen LogP contribution in [0.15, 0.2) is 41.4 Å². The van der Waals surface area contributed by atoms with Gasteiger partial charge in [-0.2, -0.15) is 0 Å². The van der Waals surface area contributed by atoms with E-state index in [1.165, 1.54) is 13.1 Å². The highest BCUT2D eigenvalue weighted by molar-refractivity contribution is 8.14. The fourth-order valence-electron chi connectivity index (χ4n) is 2.99. The Labute approximate surface area is 175 Å². The predicted molar refractivity (Wildman–Crippen MR) is 116 cm³/mol. The minimum atomic E-state index is -2.32. The summed E-state index contributed by atoms with van der Waals surface area (Å²) in [7, 11) is -0.372. The number of thiol groups is 1. The van der Waals surface area contributed by atoms with Gasteiger partial charge in [0.1, 0.15) is 0 Å². The minimum Gasteiger partial charge on any atom is -0.373 e. The highest BCUT2D eigenvalue weighted by Gasteiger charge is 2.25. The number of nitrogens with zero attached hydrogens (tertiary/aromatic N) is 2. The van der Waals surface area contributed by atoms with E-state index in [0.29, 0.717) is 16.1 Å². The molecule has 152 valence electrons. The van der Waals surface area contributed by atoms with Crippen LogP contribution in [0, 0.1) is 0 Å². The van der Waals surface area contributed by atoms with Gasteiger partial charge in [0.25, 0.3) is 0 Å². The molecule has 1 amide bonds. The molecule has 1 N–H and O–H groups in total. The number of Topliss-reactive ketones (excluding diaryl/α,β-unsaturated/α-hetero) is 1. The summed E-state index contributed by atoms with van der Waals surface area (Å²) in [4.78, 5) is 42.2. The molecule has 3 rings (SSSR count). The maximum atomic E-state index is 12.7. The van der Waals surface area contributed by atoms with Gasteiger partial charge in [-0.15, -0.1) is 0 Å². The summed E-state index contributed by atoms with van der Waals surface area (Å²) in [5, 5.41) is 1.88. The Morgan fingerprint density at radius 2 is 1.97 bits per heavy atom. The smallest absolute Gasteiger partial charge is 0.373 e. The number of benzene rings is 1. The van der Waals surface area contributed by atoms with Crippen LogP contribution < -0.4 is 10.2 Å². The first-order valence-electron chi connectivity index (χ1n) is 9.10. The first kappa shape index (κ1) is 21.2. The van der Waals surface area contributed by atoms with Gasteiger partial charge in [0.15, 0.2) is 26.6 Å². The summed E-state index contributed by atoms with van der Waals surface area (Å²) in [5.41, 5.74) is 2.76. The number of amides is 1. The number of aromatic nitrogens is 1. The lowest BCUT2D eigenvalue weighted by atomic mass is 10.1. The van der Waals surface area contributed by atoms with Crippen LogP contribution in [0.2, 0.25) is 0 Å². The van der Waals surface area contributed by atoms with Crippen molar-refractivity contribution >= 4 is 50.1 Å². The van der Waals surface area contributed by atoms with E-state index < -0.39 is 16.0 Å². The van der Waals surface area contributed by atoms with Gasteiger partial charge in [0.05, 0.1) is 23.3 Å². The number of pyridine rings is 1. The molecule has 1 atom stereocenters. The van der Waals surface area contributed by atoms with Gasteiger partial charge in [-0.25, -0.2) is 4.79 Å². The number of anilines is 2. The van der Waals surface area contributed by atoms with E-state index in [-0.39, 0.29) is 16.7 Å². The monoisotopic (exact) mass is 432 g/mol. The molecule has 29 heavy (non-hydrogen) atoms. The Morgan fingerprint density at radius 1 is 1.24 bits per heavy atom. The molecule has 0 spiro atoms. The summed E-state index contributed by atoms with van der Waals surface area (Å²) >= 11 is 0.954. The van der Waals surface area contributed by atoms with Crippen molar-refractivity contribution in [1.82, 2.24) is 4.98 Å². The second kappa shape index (κ2) is 9.32. The van der Waals surface area contributed by atoms with Crippen LogP contribution in [0.25, 0.3) is 0 Å². The summed E-state index contributed by atoms with van der Waals surface area (Å²) in [5.74, 6) is -0.0921. The van der Waals surface area contributed by atoms with Crippen molar-refractivity contribution in [2.75, 3.05) is 29.6 Å². The molecular weight excluding hydrogens is 410 g/mol. The van der Waals surface area contributed by atoms with Gasteiger partial charge in [-0.05, 0) is 37.1 Å². The minimum absolute atomic E-state index is 0.0761. The van der Waals surface area contributed by atoms with Crippen molar-refractivity contribution in [3.63, 3.8) is 0 Å². The van der Waals surface area contributed by atoms with Crippen LogP contribution in [0.4, 0.5) is 16.2 Å². The quantitative estimate of drug-likeness (QED) is 0.440. The highest BCUT2D eigenvalue weighted by Crippen LogP contribution is 2.26. The van der Waals surface area contributed by atoms with E-state index in [1.807, 2.05) is 7.05 Å². The number of carbonyl (C=O) groups excluding carboxylic acids is 3. The zero-order valence-electron chi connectivity index (χ0n) is 16.2. The zero-order chi connectivity index (χ0) is 21.0. The van der Waals surface area contributed by atoms with Gasteiger partial charge >= 0.3 is 5.24 Å². The third-order valence-corrected chi connectivity index (χ3v) is 6.54. The van der Waals surface area contributed by atoms with Crippen molar-refractivity contribution < 1.29 is 18.6 Å². The number of hydrogen-bond acceptors (Lipinski definition) is 7. The van der Waals surface area contributed by atoms with Crippen LogP contribution in [-0.4, -0.2) is 40.5 Å². The standard InChI is InChI=1S/C20H21N3O4S2/c1-13(24)28-12-19(25)14-5-7-15(8-6-14)22-20(26)29(27)16-10-18-17(21-11-16)4-3-9-23(18)2/h5-8,10-11H,3-4,9,12H2,1-2H3,(H,22,26)/p+1. The molecule has 1 aromatic heterocycles. The molecule has 0 saturated heterocycles. The molecule has 2 aromatic rings. The van der Waals surface area contributed by atoms with Crippen LogP contribution in [0.3, 0.4) is 0 Å². The van der Waals surface area contributed by atoms with E-state index in [4.69, 9.17) is 0 Å². The average molecular weight is 433 g/mol. The molecule has 9 heteroatoms. The topological polar surface area (TPSA) is 96.4 Å². The second-order valence-corrected chi connectivity index (χ2v) is 9.35. The SMILES string of the molecule is CC(=O)SCC(=O)c1ccc(NC(=O)[SH+](=O)c2cnc3c(c2)N(C)CCC3)cc1.